The summed E-state index contributed by atoms with van der Waals surface area (Å²) in [6.07, 6.45) is 5.13. The van der Waals surface area contributed by atoms with Crippen molar-refractivity contribution < 1.29 is 4.79 Å². The second kappa shape index (κ2) is 7.96. The lowest BCUT2D eigenvalue weighted by atomic mass is 9.98. The van der Waals surface area contributed by atoms with Crippen molar-refractivity contribution in [2.24, 2.45) is 4.99 Å². The Balaban J connectivity index is 2.16. The van der Waals surface area contributed by atoms with E-state index in [9.17, 15) is 4.79 Å². The number of rotatable bonds is 7. The van der Waals surface area contributed by atoms with Crippen LogP contribution in [0.25, 0.3) is 0 Å². The van der Waals surface area contributed by atoms with Gasteiger partial charge in [0, 0.05) is 19.5 Å². The molecule has 114 valence electrons. The molecule has 21 heavy (non-hydrogen) atoms. The standard InChI is InChI=1S/C18H26N2O/c1-3-5-12-19-17-14-16(15-10-8-7-9-11-15)18(21)20(17)13-6-4-2/h7-11,16H,3-6,12-14H2,1-2H3. The predicted octanol–water partition coefficient (Wildman–Crippen LogP) is 4.00. The third-order valence-corrected chi connectivity index (χ3v) is 4.01. The average molecular weight is 286 g/mol. The maximum atomic E-state index is 12.7. The molecular weight excluding hydrogens is 260 g/mol. The van der Waals surface area contributed by atoms with Crippen molar-refractivity contribution in [2.45, 2.75) is 51.9 Å². The van der Waals surface area contributed by atoms with Crippen LogP contribution in [0.5, 0.6) is 0 Å². The van der Waals surface area contributed by atoms with Gasteiger partial charge in [-0.05, 0) is 18.4 Å². The first-order valence-corrected chi connectivity index (χ1v) is 8.17. The zero-order valence-corrected chi connectivity index (χ0v) is 13.2. The first-order valence-electron chi connectivity index (χ1n) is 8.17. The van der Waals surface area contributed by atoms with Crippen molar-refractivity contribution >= 4 is 11.7 Å². The van der Waals surface area contributed by atoms with E-state index in [2.05, 4.69) is 26.0 Å². The fraction of sp³-hybridized carbons (Fsp3) is 0.556. The number of unbranched alkanes of at least 4 members (excludes halogenated alkanes) is 2. The molecule has 1 amide bonds. The second-order valence-corrected chi connectivity index (χ2v) is 5.66. The van der Waals surface area contributed by atoms with E-state index in [1.165, 1.54) is 0 Å². The highest BCUT2D eigenvalue weighted by Crippen LogP contribution is 2.30. The van der Waals surface area contributed by atoms with Gasteiger partial charge in [-0.15, -0.1) is 0 Å². The van der Waals surface area contributed by atoms with E-state index >= 15 is 0 Å². The minimum atomic E-state index is -0.0385. The molecule has 1 saturated heterocycles. The number of benzene rings is 1. The number of aliphatic imine (C=N–C) groups is 1. The van der Waals surface area contributed by atoms with Gasteiger partial charge in [0.15, 0.2) is 0 Å². The summed E-state index contributed by atoms with van der Waals surface area (Å²) >= 11 is 0. The Labute approximate surface area is 128 Å². The molecule has 3 nitrogen and oxygen atoms in total. The minimum Gasteiger partial charge on any atom is -0.300 e. The molecule has 2 rings (SSSR count). The maximum Gasteiger partial charge on any atom is 0.235 e. The molecule has 0 N–H and O–H groups in total. The smallest absolute Gasteiger partial charge is 0.235 e. The molecule has 1 aliphatic heterocycles. The quantitative estimate of drug-likeness (QED) is 0.697. The Morgan fingerprint density at radius 3 is 2.52 bits per heavy atom. The van der Waals surface area contributed by atoms with Crippen LogP contribution in [-0.2, 0) is 4.79 Å². The van der Waals surface area contributed by atoms with Crippen molar-refractivity contribution in [1.29, 1.82) is 0 Å². The molecule has 0 radical (unpaired) electrons. The number of carbonyl (C=O) groups is 1. The highest BCUT2D eigenvalue weighted by Gasteiger charge is 2.37. The van der Waals surface area contributed by atoms with Gasteiger partial charge in [-0.3, -0.25) is 9.79 Å². The SMILES string of the molecule is CCCCN=C1CC(c2ccccc2)C(=O)N1CCCC. The van der Waals surface area contributed by atoms with Crippen molar-refractivity contribution in [1.82, 2.24) is 4.90 Å². The van der Waals surface area contributed by atoms with Crippen LogP contribution in [0, 0.1) is 0 Å². The zero-order chi connectivity index (χ0) is 15.1. The number of amidine groups is 1. The fourth-order valence-corrected chi connectivity index (χ4v) is 2.71. The Kier molecular flexibility index (Phi) is 5.97. The van der Waals surface area contributed by atoms with Crippen molar-refractivity contribution in [3.63, 3.8) is 0 Å². The van der Waals surface area contributed by atoms with Gasteiger partial charge in [-0.25, -0.2) is 0 Å². The van der Waals surface area contributed by atoms with Crippen LogP contribution >= 0.6 is 0 Å². The van der Waals surface area contributed by atoms with Crippen LogP contribution in [0.2, 0.25) is 0 Å². The molecule has 0 aromatic heterocycles. The monoisotopic (exact) mass is 286 g/mol. The summed E-state index contributed by atoms with van der Waals surface area (Å²) < 4.78 is 0. The highest BCUT2D eigenvalue weighted by molar-refractivity contribution is 6.08. The lowest BCUT2D eigenvalue weighted by Gasteiger charge is -2.17. The van der Waals surface area contributed by atoms with Gasteiger partial charge < -0.3 is 4.90 Å². The van der Waals surface area contributed by atoms with Crippen molar-refractivity contribution in [2.75, 3.05) is 13.1 Å². The van der Waals surface area contributed by atoms with Gasteiger partial charge in [0.1, 0.15) is 5.84 Å². The van der Waals surface area contributed by atoms with Gasteiger partial charge >= 0.3 is 0 Å². The molecule has 1 aromatic rings. The Hall–Kier alpha value is -1.64. The van der Waals surface area contributed by atoms with Crippen LogP contribution in [0.4, 0.5) is 0 Å². The first kappa shape index (κ1) is 15.7. The molecule has 1 atom stereocenters. The Bertz CT molecular complexity index is 481. The molecule has 0 bridgehead atoms. The topological polar surface area (TPSA) is 32.7 Å². The number of likely N-dealkylation sites (tertiary alicyclic amines) is 1. The summed E-state index contributed by atoms with van der Waals surface area (Å²) in [5.74, 6) is 1.18. The van der Waals surface area contributed by atoms with Crippen LogP contribution < -0.4 is 0 Å². The minimum absolute atomic E-state index is 0.0385. The van der Waals surface area contributed by atoms with Gasteiger partial charge in [0.2, 0.25) is 5.91 Å². The largest absolute Gasteiger partial charge is 0.300 e. The Morgan fingerprint density at radius 1 is 1.14 bits per heavy atom. The summed E-state index contributed by atoms with van der Waals surface area (Å²) in [6.45, 7) is 5.97. The molecule has 1 fully saturated rings. The van der Waals surface area contributed by atoms with Gasteiger partial charge in [0.05, 0.1) is 5.92 Å². The van der Waals surface area contributed by atoms with Gasteiger partial charge in [-0.1, -0.05) is 57.0 Å². The molecule has 0 saturated carbocycles. The lowest BCUT2D eigenvalue weighted by molar-refractivity contribution is -0.127. The molecule has 1 aromatic carbocycles. The van der Waals surface area contributed by atoms with Crippen LogP contribution in [-0.4, -0.2) is 29.7 Å². The number of amides is 1. The van der Waals surface area contributed by atoms with E-state index in [1.54, 1.807) is 0 Å². The fourth-order valence-electron chi connectivity index (χ4n) is 2.71. The summed E-state index contributed by atoms with van der Waals surface area (Å²) in [5, 5.41) is 0. The van der Waals surface area contributed by atoms with E-state index < -0.39 is 0 Å². The Morgan fingerprint density at radius 2 is 1.86 bits per heavy atom. The van der Waals surface area contributed by atoms with E-state index in [-0.39, 0.29) is 11.8 Å². The average Bonchev–Trinajstić information content (AvgIpc) is 2.83. The summed E-state index contributed by atoms with van der Waals surface area (Å²) in [6, 6.07) is 10.1. The van der Waals surface area contributed by atoms with Gasteiger partial charge in [0.25, 0.3) is 0 Å². The van der Waals surface area contributed by atoms with E-state index in [0.717, 1.165) is 56.6 Å². The molecular formula is C18H26N2O. The molecule has 0 spiro atoms. The van der Waals surface area contributed by atoms with Gasteiger partial charge in [-0.2, -0.15) is 0 Å². The molecule has 1 heterocycles. The second-order valence-electron chi connectivity index (χ2n) is 5.66. The number of hydrogen-bond donors (Lipinski definition) is 0. The van der Waals surface area contributed by atoms with Crippen LogP contribution in [0.1, 0.15) is 57.4 Å². The molecule has 0 aliphatic carbocycles. The van der Waals surface area contributed by atoms with E-state index in [4.69, 9.17) is 4.99 Å². The molecule has 1 aliphatic rings. The summed E-state index contributed by atoms with van der Waals surface area (Å²) in [4.78, 5) is 19.3. The molecule has 3 heteroatoms. The van der Waals surface area contributed by atoms with E-state index in [1.807, 2.05) is 23.1 Å². The third-order valence-electron chi connectivity index (χ3n) is 4.01. The first-order chi connectivity index (χ1) is 10.3. The van der Waals surface area contributed by atoms with Crippen LogP contribution in [0.15, 0.2) is 35.3 Å². The predicted molar refractivity (Wildman–Crippen MR) is 87.6 cm³/mol. The number of hydrogen-bond acceptors (Lipinski definition) is 2. The molecule has 1 unspecified atom stereocenters. The van der Waals surface area contributed by atoms with E-state index in [0.29, 0.717) is 0 Å². The highest BCUT2D eigenvalue weighted by atomic mass is 16.2. The van der Waals surface area contributed by atoms with Crippen LogP contribution in [0.3, 0.4) is 0 Å². The number of carbonyl (C=O) groups excluding carboxylic acids is 1. The summed E-state index contributed by atoms with van der Waals surface area (Å²) in [5.41, 5.74) is 1.12. The number of nitrogens with zero attached hydrogens (tertiary/aromatic N) is 2. The summed E-state index contributed by atoms with van der Waals surface area (Å²) in [7, 11) is 0. The zero-order valence-electron chi connectivity index (χ0n) is 13.2. The maximum absolute atomic E-state index is 12.7. The third kappa shape index (κ3) is 3.93. The normalized spacial score (nSPS) is 20.5. The van der Waals surface area contributed by atoms with Crippen molar-refractivity contribution in [3.05, 3.63) is 35.9 Å². The van der Waals surface area contributed by atoms with Crippen molar-refractivity contribution in [3.8, 4) is 0 Å². The lowest BCUT2D eigenvalue weighted by Crippen LogP contribution is -2.31.